The van der Waals surface area contributed by atoms with E-state index in [4.69, 9.17) is 5.26 Å². The normalized spacial score (nSPS) is 14.6. The third kappa shape index (κ3) is 2.36. The van der Waals surface area contributed by atoms with E-state index in [9.17, 15) is 10.1 Å². The zero-order valence-corrected chi connectivity index (χ0v) is 10.6. The first-order chi connectivity index (χ1) is 8.63. The van der Waals surface area contributed by atoms with Crippen molar-refractivity contribution in [1.82, 2.24) is 9.97 Å². The Labute approximate surface area is 108 Å². The van der Waals surface area contributed by atoms with Crippen LogP contribution in [0.2, 0.25) is 0 Å². The molecule has 1 aliphatic rings. The lowest BCUT2D eigenvalue weighted by molar-refractivity contribution is -0.387. The van der Waals surface area contributed by atoms with Crippen molar-refractivity contribution >= 4 is 23.3 Å². The van der Waals surface area contributed by atoms with Gasteiger partial charge in [-0.2, -0.15) is 5.26 Å². The largest absolute Gasteiger partial charge is 0.351 e. The van der Waals surface area contributed by atoms with Gasteiger partial charge in [-0.1, -0.05) is 0 Å². The van der Waals surface area contributed by atoms with Gasteiger partial charge in [0.15, 0.2) is 5.03 Å². The van der Waals surface area contributed by atoms with Gasteiger partial charge in [-0.25, -0.2) is 9.97 Å². The molecule has 2 rings (SSSR count). The van der Waals surface area contributed by atoms with E-state index in [1.807, 2.05) is 10.3 Å². The van der Waals surface area contributed by atoms with E-state index in [0.717, 1.165) is 25.9 Å². The summed E-state index contributed by atoms with van der Waals surface area (Å²) in [6.07, 6.45) is 2.00. The molecule has 0 aliphatic carbocycles. The molecule has 1 aromatic heterocycles. The molecule has 94 valence electrons. The Morgan fingerprint density at radius 2 is 2.11 bits per heavy atom. The first-order valence-electron chi connectivity index (χ1n) is 5.47. The number of nitro groups is 1. The van der Waals surface area contributed by atoms with Gasteiger partial charge in [-0.15, -0.1) is 0 Å². The number of aryl methyl sites for hydroxylation is 1. The van der Waals surface area contributed by atoms with Crippen molar-refractivity contribution in [2.24, 2.45) is 0 Å². The highest BCUT2D eigenvalue weighted by atomic mass is 32.2. The summed E-state index contributed by atoms with van der Waals surface area (Å²) in [6, 6.07) is 0. The van der Waals surface area contributed by atoms with E-state index < -0.39 is 4.92 Å². The summed E-state index contributed by atoms with van der Waals surface area (Å²) in [5, 5.41) is 21.8. The van der Waals surface area contributed by atoms with Crippen LogP contribution >= 0.6 is 11.8 Å². The maximum atomic E-state index is 11.2. The van der Waals surface area contributed by atoms with Gasteiger partial charge >= 0.3 is 5.69 Å². The summed E-state index contributed by atoms with van der Waals surface area (Å²) in [4.78, 5) is 20.7. The smallest absolute Gasteiger partial charge is 0.344 e. The minimum Gasteiger partial charge on any atom is -0.351 e. The van der Waals surface area contributed by atoms with Crippen LogP contribution in [0.3, 0.4) is 0 Å². The Kier molecular flexibility index (Phi) is 3.62. The van der Waals surface area contributed by atoms with Crippen LogP contribution in [0.25, 0.3) is 0 Å². The molecule has 1 aromatic rings. The highest BCUT2D eigenvalue weighted by Crippen LogP contribution is 2.35. The van der Waals surface area contributed by atoms with Crippen molar-refractivity contribution in [3.8, 4) is 5.40 Å². The molecule has 0 bridgehead atoms. The third-order valence-electron chi connectivity index (χ3n) is 2.68. The van der Waals surface area contributed by atoms with Gasteiger partial charge in [0.1, 0.15) is 11.2 Å². The van der Waals surface area contributed by atoms with E-state index in [0.29, 0.717) is 23.4 Å². The number of hydrogen-bond donors (Lipinski definition) is 0. The molecule has 0 radical (unpaired) electrons. The molecule has 1 saturated heterocycles. The van der Waals surface area contributed by atoms with Crippen LogP contribution in [0.15, 0.2) is 5.03 Å². The van der Waals surface area contributed by atoms with Crippen molar-refractivity contribution in [3.05, 3.63) is 15.9 Å². The van der Waals surface area contributed by atoms with Crippen LogP contribution in [0.4, 0.5) is 11.5 Å². The maximum Gasteiger partial charge on any atom is 0.344 e. The fourth-order valence-electron chi connectivity index (χ4n) is 1.95. The number of nitrogens with zero attached hydrogens (tertiary/aromatic N) is 5. The van der Waals surface area contributed by atoms with Gasteiger partial charge in [0.2, 0.25) is 5.82 Å². The Morgan fingerprint density at radius 3 is 2.67 bits per heavy atom. The van der Waals surface area contributed by atoms with Gasteiger partial charge < -0.3 is 4.90 Å². The number of aromatic nitrogens is 2. The number of thioether (sulfide) groups is 1. The summed E-state index contributed by atoms with van der Waals surface area (Å²) in [6.45, 7) is 3.19. The molecule has 0 N–H and O–H groups in total. The predicted molar refractivity (Wildman–Crippen MR) is 66.3 cm³/mol. The maximum absolute atomic E-state index is 11.2. The standard InChI is InChI=1S/C10H11N5O2S/c1-7-12-9(14-4-2-3-5-14)8(15(16)17)10(13-7)18-6-11/h2-5H2,1H3. The van der Waals surface area contributed by atoms with Crippen LogP contribution in [0, 0.1) is 27.7 Å². The molecule has 0 spiro atoms. The van der Waals surface area contributed by atoms with Gasteiger partial charge in [0.05, 0.1) is 4.92 Å². The van der Waals surface area contributed by atoms with Crippen LogP contribution in [0.5, 0.6) is 0 Å². The highest BCUT2D eigenvalue weighted by Gasteiger charge is 2.29. The zero-order valence-electron chi connectivity index (χ0n) is 9.79. The van der Waals surface area contributed by atoms with Crippen molar-refractivity contribution in [2.45, 2.75) is 24.8 Å². The first kappa shape index (κ1) is 12.6. The van der Waals surface area contributed by atoms with Crippen molar-refractivity contribution in [1.29, 1.82) is 5.26 Å². The quantitative estimate of drug-likeness (QED) is 0.270. The molecule has 8 heteroatoms. The fourth-order valence-corrected chi connectivity index (χ4v) is 2.48. The summed E-state index contributed by atoms with van der Waals surface area (Å²) in [5.74, 6) is 0.781. The highest BCUT2D eigenvalue weighted by molar-refractivity contribution is 8.03. The molecular formula is C10H11N5O2S. The van der Waals surface area contributed by atoms with E-state index >= 15 is 0 Å². The molecule has 0 unspecified atom stereocenters. The Morgan fingerprint density at radius 1 is 1.44 bits per heavy atom. The molecule has 0 saturated carbocycles. The van der Waals surface area contributed by atoms with Gasteiger partial charge in [-0.05, 0) is 19.8 Å². The molecule has 0 atom stereocenters. The second-order valence-corrected chi connectivity index (χ2v) is 4.67. The fraction of sp³-hybridized carbons (Fsp3) is 0.500. The first-order valence-corrected chi connectivity index (χ1v) is 6.29. The number of thiocyanates is 1. The van der Waals surface area contributed by atoms with Crippen LogP contribution < -0.4 is 4.90 Å². The Bertz CT molecular complexity index is 522. The molecule has 18 heavy (non-hydrogen) atoms. The van der Waals surface area contributed by atoms with E-state index in [1.165, 1.54) is 0 Å². The lowest BCUT2D eigenvalue weighted by Crippen LogP contribution is -2.21. The lowest BCUT2D eigenvalue weighted by atomic mass is 10.4. The number of rotatable bonds is 3. The predicted octanol–water partition coefficient (Wildman–Crippen LogP) is 1.87. The molecule has 0 amide bonds. The zero-order chi connectivity index (χ0) is 13.1. The number of hydrogen-bond acceptors (Lipinski definition) is 7. The minimum absolute atomic E-state index is 0.122. The lowest BCUT2D eigenvalue weighted by Gasteiger charge is -2.16. The second kappa shape index (κ2) is 5.18. The SMILES string of the molecule is Cc1nc(SC#N)c([N+](=O)[O-])c(N2CCCC2)n1. The monoisotopic (exact) mass is 265 g/mol. The molecular weight excluding hydrogens is 254 g/mol. The van der Waals surface area contributed by atoms with Gasteiger partial charge in [0.25, 0.3) is 0 Å². The summed E-state index contributed by atoms with van der Waals surface area (Å²) < 4.78 is 0. The Hall–Kier alpha value is -1.88. The average molecular weight is 265 g/mol. The number of anilines is 1. The van der Waals surface area contributed by atoms with Crippen molar-refractivity contribution < 1.29 is 4.92 Å². The third-order valence-corrected chi connectivity index (χ3v) is 3.25. The van der Waals surface area contributed by atoms with Gasteiger partial charge in [-0.3, -0.25) is 10.1 Å². The van der Waals surface area contributed by atoms with Crippen LogP contribution in [-0.2, 0) is 0 Å². The molecule has 0 aromatic carbocycles. The topological polar surface area (TPSA) is 95.9 Å². The molecule has 7 nitrogen and oxygen atoms in total. The molecule has 1 aliphatic heterocycles. The van der Waals surface area contributed by atoms with Gasteiger partial charge in [0, 0.05) is 24.9 Å². The van der Waals surface area contributed by atoms with Crippen LogP contribution in [-0.4, -0.2) is 28.0 Å². The summed E-state index contributed by atoms with van der Waals surface area (Å²) in [5.41, 5.74) is -0.158. The number of nitriles is 1. The van der Waals surface area contributed by atoms with E-state index in [-0.39, 0.29) is 10.7 Å². The van der Waals surface area contributed by atoms with Crippen molar-refractivity contribution in [3.63, 3.8) is 0 Å². The van der Waals surface area contributed by atoms with E-state index in [2.05, 4.69) is 9.97 Å². The van der Waals surface area contributed by atoms with E-state index in [1.54, 1.807) is 6.92 Å². The molecule has 2 heterocycles. The minimum atomic E-state index is -0.507. The van der Waals surface area contributed by atoms with Crippen molar-refractivity contribution in [2.75, 3.05) is 18.0 Å². The average Bonchev–Trinajstić information content (AvgIpc) is 2.81. The Balaban J connectivity index is 2.55. The molecule has 1 fully saturated rings. The second-order valence-electron chi connectivity index (χ2n) is 3.89. The summed E-state index contributed by atoms with van der Waals surface area (Å²) in [7, 11) is 0. The van der Waals surface area contributed by atoms with Crippen LogP contribution in [0.1, 0.15) is 18.7 Å². The summed E-state index contributed by atoms with van der Waals surface area (Å²) >= 11 is 0.703.